The third kappa shape index (κ3) is 2.95. The van der Waals surface area contributed by atoms with Gasteiger partial charge in [-0.15, -0.1) is 0 Å². The Morgan fingerprint density at radius 1 is 1.33 bits per heavy atom. The maximum absolute atomic E-state index is 10.8. The highest BCUT2D eigenvalue weighted by Crippen LogP contribution is 2.22. The minimum absolute atomic E-state index is 0.208. The van der Waals surface area contributed by atoms with Gasteiger partial charge in [0.2, 0.25) is 5.88 Å². The van der Waals surface area contributed by atoms with Crippen LogP contribution in [0.4, 0.5) is 0 Å². The molecule has 6 nitrogen and oxygen atoms in total. The molecule has 2 rings (SSSR count). The number of benzene rings is 1. The van der Waals surface area contributed by atoms with Gasteiger partial charge in [-0.3, -0.25) is 4.18 Å². The summed E-state index contributed by atoms with van der Waals surface area (Å²) in [6.07, 6.45) is 0. The molecule has 0 atom stereocenters. The molecule has 0 spiro atoms. The molecule has 1 aromatic heterocycles. The molecule has 7 heteroatoms. The van der Waals surface area contributed by atoms with Crippen LogP contribution in [0.15, 0.2) is 30.3 Å². The van der Waals surface area contributed by atoms with Gasteiger partial charge in [0.25, 0.3) is 0 Å². The summed E-state index contributed by atoms with van der Waals surface area (Å²) in [7, 11) is -2.53. The van der Waals surface area contributed by atoms with E-state index in [9.17, 15) is 8.42 Å². The Hall–Kier alpha value is -1.70. The van der Waals surface area contributed by atoms with Gasteiger partial charge in [-0.2, -0.15) is 8.42 Å². The van der Waals surface area contributed by atoms with Gasteiger partial charge in [-0.1, -0.05) is 18.2 Å². The quantitative estimate of drug-likeness (QED) is 0.891. The van der Waals surface area contributed by atoms with E-state index in [1.54, 1.807) is 6.07 Å². The number of nitrogens with two attached hydrogens (primary N) is 1. The number of hydrogen-bond acceptors (Lipinski definition) is 5. The van der Waals surface area contributed by atoms with E-state index in [1.807, 2.05) is 24.3 Å². The summed E-state index contributed by atoms with van der Waals surface area (Å²) in [5.41, 5.74) is 1.28. The fourth-order valence-electron chi connectivity index (χ4n) is 1.57. The highest BCUT2D eigenvalue weighted by Gasteiger charge is 2.10. The lowest BCUT2D eigenvalue weighted by atomic mass is 10.1. The summed E-state index contributed by atoms with van der Waals surface area (Å²) in [5.74, 6) is 0.317. The van der Waals surface area contributed by atoms with E-state index in [0.717, 1.165) is 10.9 Å². The van der Waals surface area contributed by atoms with Gasteiger partial charge in [0.15, 0.2) is 0 Å². The standard InChI is InChI=1S/C11H12N2O4S/c1-16-11-9(7-17-18(12,14)15)6-8-4-2-3-5-10(8)13-11/h2-6H,7H2,1H3,(H2,12,14,15). The summed E-state index contributed by atoms with van der Waals surface area (Å²) in [5, 5.41) is 5.64. The summed E-state index contributed by atoms with van der Waals surface area (Å²) in [4.78, 5) is 4.26. The molecule has 2 aromatic rings. The molecule has 0 saturated heterocycles. The summed E-state index contributed by atoms with van der Waals surface area (Å²) < 4.78 is 31.2. The maximum Gasteiger partial charge on any atom is 0.333 e. The van der Waals surface area contributed by atoms with E-state index >= 15 is 0 Å². The first-order chi connectivity index (χ1) is 8.49. The van der Waals surface area contributed by atoms with Gasteiger partial charge in [0.1, 0.15) is 0 Å². The zero-order valence-corrected chi connectivity index (χ0v) is 10.5. The van der Waals surface area contributed by atoms with Crippen molar-refractivity contribution in [3.8, 4) is 5.88 Å². The molecule has 0 aliphatic heterocycles. The molecule has 0 aliphatic rings. The van der Waals surface area contributed by atoms with Crippen LogP contribution in [0.25, 0.3) is 10.9 Å². The monoisotopic (exact) mass is 268 g/mol. The number of ether oxygens (including phenoxy) is 1. The van der Waals surface area contributed by atoms with Crippen molar-refractivity contribution in [3.05, 3.63) is 35.9 Å². The third-order valence-electron chi connectivity index (χ3n) is 2.34. The van der Waals surface area contributed by atoms with Gasteiger partial charge in [-0.05, 0) is 12.1 Å². The van der Waals surface area contributed by atoms with Crippen molar-refractivity contribution in [1.29, 1.82) is 0 Å². The zero-order valence-electron chi connectivity index (χ0n) is 9.66. The third-order valence-corrected chi connectivity index (χ3v) is 2.78. The van der Waals surface area contributed by atoms with E-state index in [4.69, 9.17) is 9.88 Å². The largest absolute Gasteiger partial charge is 0.481 e. The summed E-state index contributed by atoms with van der Waals surface area (Å²) >= 11 is 0. The average molecular weight is 268 g/mol. The van der Waals surface area contributed by atoms with E-state index < -0.39 is 10.3 Å². The lowest BCUT2D eigenvalue weighted by molar-refractivity contribution is 0.297. The minimum Gasteiger partial charge on any atom is -0.481 e. The van der Waals surface area contributed by atoms with Gasteiger partial charge in [0.05, 0.1) is 19.2 Å². The first-order valence-corrected chi connectivity index (χ1v) is 6.56. The van der Waals surface area contributed by atoms with Crippen LogP contribution in [0.1, 0.15) is 5.56 Å². The molecule has 1 aromatic carbocycles. The fourth-order valence-corrected chi connectivity index (χ4v) is 1.86. The van der Waals surface area contributed by atoms with Crippen molar-refractivity contribution < 1.29 is 17.3 Å². The van der Waals surface area contributed by atoms with Crippen LogP contribution in [0.3, 0.4) is 0 Å². The first-order valence-electron chi connectivity index (χ1n) is 5.09. The molecule has 0 amide bonds. The molecule has 96 valence electrons. The Morgan fingerprint density at radius 3 is 2.72 bits per heavy atom. The maximum atomic E-state index is 10.8. The molecule has 2 N–H and O–H groups in total. The lowest BCUT2D eigenvalue weighted by Gasteiger charge is -2.08. The molecule has 0 radical (unpaired) electrons. The van der Waals surface area contributed by atoms with Crippen molar-refractivity contribution in [3.63, 3.8) is 0 Å². The van der Waals surface area contributed by atoms with Crippen molar-refractivity contribution in [2.24, 2.45) is 5.14 Å². The molecular weight excluding hydrogens is 256 g/mol. The lowest BCUT2D eigenvalue weighted by Crippen LogP contribution is -2.15. The van der Waals surface area contributed by atoms with E-state index in [0.29, 0.717) is 11.4 Å². The van der Waals surface area contributed by atoms with Crippen molar-refractivity contribution in [1.82, 2.24) is 4.98 Å². The molecule has 0 bridgehead atoms. The average Bonchev–Trinajstić information content (AvgIpc) is 2.34. The van der Waals surface area contributed by atoms with Gasteiger partial charge < -0.3 is 4.74 Å². The van der Waals surface area contributed by atoms with Crippen LogP contribution in [-0.4, -0.2) is 20.5 Å². The summed E-state index contributed by atoms with van der Waals surface area (Å²) in [6.45, 7) is -0.208. The van der Waals surface area contributed by atoms with Crippen LogP contribution >= 0.6 is 0 Å². The minimum atomic E-state index is -3.98. The molecule has 0 fully saturated rings. The molecule has 18 heavy (non-hydrogen) atoms. The molecule has 0 unspecified atom stereocenters. The van der Waals surface area contributed by atoms with Crippen LogP contribution in [0.5, 0.6) is 5.88 Å². The van der Waals surface area contributed by atoms with E-state index in [-0.39, 0.29) is 6.61 Å². The number of pyridine rings is 1. The Labute approximate surface area is 105 Å². The second-order valence-corrected chi connectivity index (χ2v) is 4.83. The van der Waals surface area contributed by atoms with E-state index in [2.05, 4.69) is 9.17 Å². The van der Waals surface area contributed by atoms with Crippen molar-refractivity contribution >= 4 is 21.2 Å². The second kappa shape index (κ2) is 4.89. The Morgan fingerprint density at radius 2 is 2.06 bits per heavy atom. The fraction of sp³-hybridized carbons (Fsp3) is 0.182. The van der Waals surface area contributed by atoms with Gasteiger partial charge in [-0.25, -0.2) is 10.1 Å². The first kappa shape index (κ1) is 12.7. The zero-order chi connectivity index (χ0) is 13.2. The summed E-state index contributed by atoms with van der Waals surface area (Å²) in [6, 6.07) is 9.17. The van der Waals surface area contributed by atoms with Crippen LogP contribution in [0.2, 0.25) is 0 Å². The number of nitrogens with zero attached hydrogens (tertiary/aromatic N) is 1. The number of hydrogen-bond donors (Lipinski definition) is 1. The number of para-hydroxylation sites is 1. The highest BCUT2D eigenvalue weighted by atomic mass is 32.2. The van der Waals surface area contributed by atoms with Gasteiger partial charge >= 0.3 is 10.3 Å². The van der Waals surface area contributed by atoms with Crippen molar-refractivity contribution in [2.45, 2.75) is 6.61 Å². The molecule has 0 aliphatic carbocycles. The highest BCUT2D eigenvalue weighted by molar-refractivity contribution is 7.84. The van der Waals surface area contributed by atoms with E-state index in [1.165, 1.54) is 7.11 Å². The number of aromatic nitrogens is 1. The van der Waals surface area contributed by atoms with Gasteiger partial charge in [0, 0.05) is 10.9 Å². The predicted molar refractivity (Wildman–Crippen MR) is 66.2 cm³/mol. The SMILES string of the molecule is COc1nc2ccccc2cc1COS(N)(=O)=O. The topological polar surface area (TPSA) is 91.5 Å². The molecule has 1 heterocycles. The van der Waals surface area contributed by atoms with Crippen LogP contribution in [-0.2, 0) is 21.1 Å². The second-order valence-electron chi connectivity index (χ2n) is 3.60. The smallest absolute Gasteiger partial charge is 0.333 e. The number of methoxy groups -OCH3 is 1. The number of rotatable bonds is 4. The normalized spacial score (nSPS) is 11.7. The number of fused-ring (bicyclic) bond motifs is 1. The Kier molecular flexibility index (Phi) is 3.46. The Bertz CT molecular complexity index is 670. The molecule has 0 saturated carbocycles. The van der Waals surface area contributed by atoms with Crippen LogP contribution in [0, 0.1) is 0 Å². The Balaban J connectivity index is 2.42. The predicted octanol–water partition coefficient (Wildman–Crippen LogP) is 0.964. The van der Waals surface area contributed by atoms with Crippen molar-refractivity contribution in [2.75, 3.05) is 7.11 Å². The van der Waals surface area contributed by atoms with Crippen LogP contribution < -0.4 is 9.88 Å². The molecular formula is C11H12N2O4S.